The lowest BCUT2D eigenvalue weighted by molar-refractivity contribution is -0.170. The minimum atomic E-state index is -1.30. The summed E-state index contributed by atoms with van der Waals surface area (Å²) in [6.45, 7) is 7.34. The van der Waals surface area contributed by atoms with Crippen molar-refractivity contribution in [3.63, 3.8) is 0 Å². The van der Waals surface area contributed by atoms with Gasteiger partial charge in [0.2, 0.25) is 11.8 Å². The number of esters is 1. The number of ether oxygens (including phenoxy) is 1. The number of benzene rings is 1. The smallest absolute Gasteiger partial charge is 0.328 e. The maximum Gasteiger partial charge on any atom is 0.328 e. The minimum Gasteiger partial charge on any atom is -0.480 e. The number of nitrogens with one attached hydrogen (secondary N) is 3. The first kappa shape index (κ1) is 31.1. The first-order chi connectivity index (χ1) is 18.9. The number of piperidine rings is 2. The quantitative estimate of drug-likeness (QED) is 0.317. The molecule has 11 heteroatoms. The van der Waals surface area contributed by atoms with Crippen molar-refractivity contribution in [3.05, 3.63) is 35.9 Å². The Morgan fingerprint density at radius 2 is 1.80 bits per heavy atom. The summed E-state index contributed by atoms with van der Waals surface area (Å²) in [5.41, 5.74) is -1.01. The van der Waals surface area contributed by atoms with Gasteiger partial charge in [-0.1, -0.05) is 18.2 Å². The summed E-state index contributed by atoms with van der Waals surface area (Å²) in [4.78, 5) is 64.9. The van der Waals surface area contributed by atoms with E-state index in [0.29, 0.717) is 57.3 Å². The summed E-state index contributed by atoms with van der Waals surface area (Å²) >= 11 is 0. The topological polar surface area (TPSA) is 154 Å². The van der Waals surface area contributed by atoms with E-state index in [1.54, 1.807) is 35.2 Å². The average Bonchev–Trinajstić information content (AvgIpc) is 2.93. The molecule has 0 unspecified atom stereocenters. The number of likely N-dealkylation sites (tertiary alicyclic amines) is 1. The molecule has 1 aromatic carbocycles. The number of nitrogens with zero attached hydrogens (tertiary/aromatic N) is 1. The molecule has 4 N–H and O–H groups in total. The maximum atomic E-state index is 13.2. The van der Waals surface area contributed by atoms with Crippen LogP contribution < -0.4 is 16.0 Å². The third kappa shape index (κ3) is 8.77. The van der Waals surface area contributed by atoms with Gasteiger partial charge in [-0.2, -0.15) is 0 Å². The Labute approximate surface area is 235 Å². The molecule has 40 heavy (non-hydrogen) atoms. The standard InChI is InChI=1S/C29H42N4O7/c1-28(2,3)40-27(39)29(13-15-30-16-14-29)12-11-23(34)33-17-7-10-21(19-33)24(35)31-18-22(26(37)38)32-25(36)20-8-5-4-6-9-20/h4-6,8-9,21-22,30H,7,10-19H2,1-3H3,(H,31,35)(H,32,36)(H,37,38)/t21-,22+/m1/s1. The van der Waals surface area contributed by atoms with Gasteiger partial charge in [-0.3, -0.25) is 19.2 Å². The summed E-state index contributed by atoms with van der Waals surface area (Å²) < 4.78 is 5.71. The van der Waals surface area contributed by atoms with Crippen LogP contribution in [0.4, 0.5) is 0 Å². The number of hydrogen-bond donors (Lipinski definition) is 4. The number of aliphatic carboxylic acids is 1. The van der Waals surface area contributed by atoms with Crippen LogP contribution in [0.15, 0.2) is 30.3 Å². The molecule has 2 fully saturated rings. The predicted octanol–water partition coefficient (Wildman–Crippen LogP) is 1.72. The molecule has 0 aromatic heterocycles. The third-order valence-electron chi connectivity index (χ3n) is 7.47. The molecule has 0 spiro atoms. The van der Waals surface area contributed by atoms with Gasteiger partial charge in [0.25, 0.3) is 5.91 Å². The lowest BCUT2D eigenvalue weighted by Crippen LogP contribution is -2.51. The summed E-state index contributed by atoms with van der Waals surface area (Å²) in [6.07, 6.45) is 2.98. The number of rotatable bonds is 10. The van der Waals surface area contributed by atoms with Crippen molar-refractivity contribution >= 4 is 29.7 Å². The zero-order chi connectivity index (χ0) is 29.3. The van der Waals surface area contributed by atoms with Crippen LogP contribution in [0.25, 0.3) is 0 Å². The van der Waals surface area contributed by atoms with Crippen molar-refractivity contribution in [1.29, 1.82) is 0 Å². The van der Waals surface area contributed by atoms with E-state index in [1.807, 2.05) is 20.8 Å². The molecule has 0 bridgehead atoms. The van der Waals surface area contributed by atoms with Crippen molar-refractivity contribution < 1.29 is 33.8 Å². The van der Waals surface area contributed by atoms with E-state index in [2.05, 4.69) is 16.0 Å². The molecule has 2 heterocycles. The van der Waals surface area contributed by atoms with Gasteiger partial charge in [0.15, 0.2) is 0 Å². The highest BCUT2D eigenvalue weighted by Crippen LogP contribution is 2.37. The van der Waals surface area contributed by atoms with Crippen LogP contribution in [-0.2, 0) is 23.9 Å². The van der Waals surface area contributed by atoms with Crippen LogP contribution >= 0.6 is 0 Å². The number of carboxylic acids is 1. The molecule has 2 atom stereocenters. The molecule has 2 aliphatic heterocycles. The zero-order valence-corrected chi connectivity index (χ0v) is 23.7. The lowest BCUT2D eigenvalue weighted by atomic mass is 9.75. The van der Waals surface area contributed by atoms with E-state index >= 15 is 0 Å². The van der Waals surface area contributed by atoms with Crippen molar-refractivity contribution in [3.8, 4) is 0 Å². The Balaban J connectivity index is 1.53. The van der Waals surface area contributed by atoms with Crippen molar-refractivity contribution in [2.45, 2.75) is 70.9 Å². The van der Waals surface area contributed by atoms with Crippen LogP contribution in [0.2, 0.25) is 0 Å². The number of amides is 3. The maximum absolute atomic E-state index is 13.2. The number of carboxylic acid groups (broad SMARTS) is 1. The predicted molar refractivity (Wildman–Crippen MR) is 147 cm³/mol. The lowest BCUT2D eigenvalue weighted by Gasteiger charge is -2.38. The van der Waals surface area contributed by atoms with Crippen molar-refractivity contribution in [1.82, 2.24) is 20.9 Å². The van der Waals surface area contributed by atoms with E-state index in [4.69, 9.17) is 4.74 Å². The first-order valence-corrected chi connectivity index (χ1v) is 14.0. The Bertz CT molecular complexity index is 1060. The van der Waals surface area contributed by atoms with E-state index in [-0.39, 0.29) is 37.3 Å². The second-order valence-corrected chi connectivity index (χ2v) is 11.7. The van der Waals surface area contributed by atoms with E-state index < -0.39 is 34.9 Å². The fourth-order valence-corrected chi connectivity index (χ4v) is 5.15. The normalized spacial score (nSPS) is 19.7. The Kier molecular flexibility index (Phi) is 10.7. The summed E-state index contributed by atoms with van der Waals surface area (Å²) in [5.74, 6) is -3.04. The monoisotopic (exact) mass is 558 g/mol. The Morgan fingerprint density at radius 1 is 1.12 bits per heavy atom. The summed E-state index contributed by atoms with van der Waals surface area (Å²) in [7, 11) is 0. The highest BCUT2D eigenvalue weighted by Gasteiger charge is 2.43. The zero-order valence-electron chi connectivity index (χ0n) is 23.7. The van der Waals surface area contributed by atoms with Gasteiger partial charge in [-0.05, 0) is 78.1 Å². The summed E-state index contributed by atoms with van der Waals surface area (Å²) in [6, 6.07) is 6.93. The second kappa shape index (κ2) is 13.7. The molecule has 11 nitrogen and oxygen atoms in total. The molecular formula is C29H42N4O7. The van der Waals surface area contributed by atoms with Crippen LogP contribution in [0.1, 0.15) is 69.7 Å². The van der Waals surface area contributed by atoms with E-state index in [1.165, 1.54) is 0 Å². The van der Waals surface area contributed by atoms with Crippen molar-refractivity contribution in [2.75, 3.05) is 32.7 Å². The SMILES string of the molecule is CC(C)(C)OC(=O)C1(CCC(=O)N2CCC[C@@H](C(=O)NC[C@H](NC(=O)c3ccccc3)C(=O)O)C2)CCNCC1. The molecule has 2 aliphatic rings. The first-order valence-electron chi connectivity index (χ1n) is 14.0. The largest absolute Gasteiger partial charge is 0.480 e. The van der Waals surface area contributed by atoms with Gasteiger partial charge in [-0.15, -0.1) is 0 Å². The molecule has 0 radical (unpaired) electrons. The Hall–Kier alpha value is -3.47. The molecule has 1 aromatic rings. The molecule has 3 amide bonds. The van der Waals surface area contributed by atoms with Gasteiger partial charge in [0, 0.05) is 31.6 Å². The highest BCUT2D eigenvalue weighted by atomic mass is 16.6. The van der Waals surface area contributed by atoms with E-state index in [9.17, 15) is 29.1 Å². The molecule has 0 aliphatic carbocycles. The fraction of sp³-hybridized carbons (Fsp3) is 0.621. The van der Waals surface area contributed by atoms with Gasteiger partial charge >= 0.3 is 11.9 Å². The molecule has 0 saturated carbocycles. The molecule has 3 rings (SSSR count). The molecule has 220 valence electrons. The van der Waals surface area contributed by atoms with E-state index in [0.717, 1.165) is 0 Å². The number of carbonyl (C=O) groups excluding carboxylic acids is 4. The molecule has 2 saturated heterocycles. The van der Waals surface area contributed by atoms with Gasteiger partial charge in [-0.25, -0.2) is 4.79 Å². The third-order valence-corrected chi connectivity index (χ3v) is 7.47. The average molecular weight is 559 g/mol. The highest BCUT2D eigenvalue weighted by molar-refractivity contribution is 5.96. The van der Waals surface area contributed by atoms with Crippen LogP contribution in [-0.4, -0.2) is 84.0 Å². The second-order valence-electron chi connectivity index (χ2n) is 11.7. The van der Waals surface area contributed by atoms with Gasteiger partial charge < -0.3 is 30.7 Å². The van der Waals surface area contributed by atoms with Crippen LogP contribution in [0.5, 0.6) is 0 Å². The van der Waals surface area contributed by atoms with Gasteiger partial charge in [0.1, 0.15) is 11.6 Å². The fourth-order valence-electron chi connectivity index (χ4n) is 5.15. The number of carbonyl (C=O) groups is 5. The van der Waals surface area contributed by atoms with Crippen LogP contribution in [0, 0.1) is 11.3 Å². The minimum absolute atomic E-state index is 0.113. The summed E-state index contributed by atoms with van der Waals surface area (Å²) in [5, 5.41) is 17.9. The molecular weight excluding hydrogens is 516 g/mol. The van der Waals surface area contributed by atoms with Crippen molar-refractivity contribution in [2.24, 2.45) is 11.3 Å². The van der Waals surface area contributed by atoms with Gasteiger partial charge in [0.05, 0.1) is 11.3 Å². The number of hydrogen-bond acceptors (Lipinski definition) is 7. The Morgan fingerprint density at radius 3 is 2.42 bits per heavy atom. The van der Waals surface area contributed by atoms with Crippen LogP contribution in [0.3, 0.4) is 0 Å².